The number of nitrogens with one attached hydrogen (secondary N) is 1. The van der Waals surface area contributed by atoms with Gasteiger partial charge in [-0.05, 0) is 49.4 Å². The molecular formula is C19H17N3O2S. The third-order valence-corrected chi connectivity index (χ3v) is 4.56. The maximum Gasteiger partial charge on any atom is 0.271 e. The predicted molar refractivity (Wildman–Crippen MR) is 98.5 cm³/mol. The summed E-state index contributed by atoms with van der Waals surface area (Å²) in [5.41, 5.74) is 2.12. The molecule has 0 aliphatic heterocycles. The van der Waals surface area contributed by atoms with Gasteiger partial charge in [-0.2, -0.15) is 9.78 Å². The molecule has 1 aromatic heterocycles. The van der Waals surface area contributed by atoms with Crippen molar-refractivity contribution < 1.29 is 4.79 Å². The molecule has 2 aromatic carbocycles. The van der Waals surface area contributed by atoms with Crippen LogP contribution in [-0.4, -0.2) is 22.7 Å². The van der Waals surface area contributed by atoms with Gasteiger partial charge in [0.25, 0.3) is 11.5 Å². The Labute approximate surface area is 149 Å². The van der Waals surface area contributed by atoms with E-state index in [-0.39, 0.29) is 11.5 Å². The van der Waals surface area contributed by atoms with E-state index < -0.39 is 0 Å². The lowest BCUT2D eigenvalue weighted by molar-refractivity contribution is 0.0963. The lowest BCUT2D eigenvalue weighted by atomic mass is 10.2. The van der Waals surface area contributed by atoms with E-state index in [0.717, 1.165) is 9.92 Å². The van der Waals surface area contributed by atoms with Crippen LogP contribution in [-0.2, 0) is 0 Å². The number of nitrogens with zero attached hydrogens (tertiary/aromatic N) is 2. The van der Waals surface area contributed by atoms with Gasteiger partial charge in [0.1, 0.15) is 5.03 Å². The van der Waals surface area contributed by atoms with Crippen molar-refractivity contribution in [1.82, 2.24) is 15.1 Å². The van der Waals surface area contributed by atoms with E-state index in [1.807, 2.05) is 31.2 Å². The molecule has 1 heterocycles. The molecule has 3 aromatic rings. The molecule has 5 nitrogen and oxygen atoms in total. The Hall–Kier alpha value is -2.86. The molecule has 0 saturated heterocycles. The first kappa shape index (κ1) is 17.0. The Morgan fingerprint density at radius 2 is 1.68 bits per heavy atom. The van der Waals surface area contributed by atoms with Gasteiger partial charge in [-0.25, -0.2) is 0 Å². The molecule has 126 valence electrons. The second kappa shape index (κ2) is 7.36. The van der Waals surface area contributed by atoms with E-state index in [0.29, 0.717) is 11.3 Å². The van der Waals surface area contributed by atoms with Crippen LogP contribution in [0.25, 0.3) is 5.69 Å². The molecule has 0 radical (unpaired) electrons. The number of rotatable bonds is 4. The van der Waals surface area contributed by atoms with E-state index in [9.17, 15) is 9.59 Å². The highest BCUT2D eigenvalue weighted by Crippen LogP contribution is 2.25. The van der Waals surface area contributed by atoms with Crippen LogP contribution in [0.15, 0.2) is 75.4 Å². The number of hydrogen-bond acceptors (Lipinski definition) is 4. The molecule has 25 heavy (non-hydrogen) atoms. The lowest BCUT2D eigenvalue weighted by Crippen LogP contribution is -2.21. The second-order valence-electron chi connectivity index (χ2n) is 5.46. The zero-order valence-corrected chi connectivity index (χ0v) is 14.7. The number of aromatic nitrogens is 2. The Kier molecular flexibility index (Phi) is 5.00. The Morgan fingerprint density at radius 1 is 1.00 bits per heavy atom. The smallest absolute Gasteiger partial charge is 0.271 e. The molecule has 0 saturated carbocycles. The third kappa shape index (κ3) is 3.97. The van der Waals surface area contributed by atoms with Gasteiger partial charge >= 0.3 is 0 Å². The Morgan fingerprint density at radius 3 is 2.32 bits per heavy atom. The number of carbonyl (C=O) groups excluding carboxylic acids is 1. The van der Waals surface area contributed by atoms with Crippen molar-refractivity contribution >= 4 is 17.7 Å². The maximum absolute atomic E-state index is 12.2. The monoisotopic (exact) mass is 351 g/mol. The van der Waals surface area contributed by atoms with Gasteiger partial charge in [0.2, 0.25) is 0 Å². The van der Waals surface area contributed by atoms with Crippen LogP contribution < -0.4 is 10.9 Å². The summed E-state index contributed by atoms with van der Waals surface area (Å²) in [6, 6.07) is 18.1. The quantitative estimate of drug-likeness (QED) is 0.785. The number of amides is 1. The van der Waals surface area contributed by atoms with E-state index in [2.05, 4.69) is 10.4 Å². The summed E-state index contributed by atoms with van der Waals surface area (Å²) in [4.78, 5) is 24.8. The minimum Gasteiger partial charge on any atom is -0.355 e. The maximum atomic E-state index is 12.2. The summed E-state index contributed by atoms with van der Waals surface area (Å²) in [5.74, 6) is -0.171. The van der Waals surface area contributed by atoms with Gasteiger partial charge in [0, 0.05) is 23.6 Å². The molecule has 6 heteroatoms. The van der Waals surface area contributed by atoms with Crippen molar-refractivity contribution in [3.63, 3.8) is 0 Å². The Balaban J connectivity index is 1.90. The first-order valence-corrected chi connectivity index (χ1v) is 8.56. The van der Waals surface area contributed by atoms with Gasteiger partial charge in [0.15, 0.2) is 0 Å². The van der Waals surface area contributed by atoms with Crippen LogP contribution in [0.3, 0.4) is 0 Å². The van der Waals surface area contributed by atoms with Crippen LogP contribution in [0.5, 0.6) is 0 Å². The van der Waals surface area contributed by atoms with Gasteiger partial charge in [0.05, 0.1) is 5.69 Å². The van der Waals surface area contributed by atoms with Crippen molar-refractivity contribution in [2.45, 2.75) is 16.8 Å². The Bertz CT molecular complexity index is 948. The second-order valence-corrected chi connectivity index (χ2v) is 6.56. The summed E-state index contributed by atoms with van der Waals surface area (Å²) in [6.45, 7) is 2.04. The van der Waals surface area contributed by atoms with Crippen molar-refractivity contribution in [1.29, 1.82) is 0 Å². The highest BCUT2D eigenvalue weighted by atomic mass is 32.2. The molecule has 0 bridgehead atoms. The fraction of sp³-hybridized carbons (Fsp3) is 0.105. The first-order chi connectivity index (χ1) is 12.1. The van der Waals surface area contributed by atoms with Gasteiger partial charge in [-0.3, -0.25) is 9.59 Å². The summed E-state index contributed by atoms with van der Waals surface area (Å²) in [7, 11) is 1.58. The van der Waals surface area contributed by atoms with Crippen molar-refractivity contribution in [2.75, 3.05) is 7.05 Å². The average Bonchev–Trinajstić information content (AvgIpc) is 2.64. The van der Waals surface area contributed by atoms with Crippen LogP contribution in [0.1, 0.15) is 15.9 Å². The van der Waals surface area contributed by atoms with Crippen molar-refractivity contribution in [3.8, 4) is 5.69 Å². The fourth-order valence-corrected chi connectivity index (χ4v) is 3.03. The zero-order valence-electron chi connectivity index (χ0n) is 13.9. The molecule has 0 unspecified atom stereocenters. The van der Waals surface area contributed by atoms with Gasteiger partial charge < -0.3 is 5.32 Å². The molecule has 3 rings (SSSR count). The summed E-state index contributed by atoms with van der Waals surface area (Å²) < 4.78 is 1.34. The highest BCUT2D eigenvalue weighted by molar-refractivity contribution is 7.99. The molecule has 1 amide bonds. The third-order valence-electron chi connectivity index (χ3n) is 3.62. The molecule has 1 N–H and O–H groups in total. The average molecular weight is 351 g/mol. The lowest BCUT2D eigenvalue weighted by Gasteiger charge is -2.08. The number of carbonyl (C=O) groups is 1. The summed E-state index contributed by atoms with van der Waals surface area (Å²) >= 11 is 1.49. The minimum atomic E-state index is -0.221. The molecule has 0 aliphatic rings. The number of benzene rings is 2. The highest BCUT2D eigenvalue weighted by Gasteiger charge is 2.07. The molecular weight excluding hydrogens is 334 g/mol. The fourth-order valence-electron chi connectivity index (χ4n) is 2.26. The van der Waals surface area contributed by atoms with Crippen LogP contribution >= 0.6 is 11.8 Å². The largest absolute Gasteiger partial charge is 0.355 e. The van der Waals surface area contributed by atoms with E-state index >= 15 is 0 Å². The van der Waals surface area contributed by atoms with Gasteiger partial charge in [-0.1, -0.05) is 29.5 Å². The minimum absolute atomic E-state index is 0.171. The van der Waals surface area contributed by atoms with E-state index in [4.69, 9.17) is 0 Å². The van der Waals surface area contributed by atoms with Gasteiger partial charge in [-0.15, -0.1) is 0 Å². The zero-order chi connectivity index (χ0) is 17.8. The predicted octanol–water partition coefficient (Wildman–Crippen LogP) is 3.05. The molecule has 0 aliphatic carbocycles. The first-order valence-electron chi connectivity index (χ1n) is 7.74. The van der Waals surface area contributed by atoms with Crippen molar-refractivity contribution in [2.24, 2.45) is 0 Å². The molecule has 0 fully saturated rings. The van der Waals surface area contributed by atoms with Crippen LogP contribution in [0.2, 0.25) is 0 Å². The topological polar surface area (TPSA) is 64.0 Å². The standard InChI is InChI=1S/C19H17N3O2S/c1-13-3-9-16(10-4-13)25-17-11-12-18(23)22(21-17)15-7-5-14(6-8-15)19(24)20-2/h3-12H,1-2H3,(H,20,24). The van der Waals surface area contributed by atoms with E-state index in [1.54, 1.807) is 37.4 Å². The van der Waals surface area contributed by atoms with Crippen LogP contribution in [0, 0.1) is 6.92 Å². The normalized spacial score (nSPS) is 10.5. The molecule has 0 spiro atoms. The van der Waals surface area contributed by atoms with Crippen LogP contribution in [0.4, 0.5) is 0 Å². The summed E-state index contributed by atoms with van der Waals surface area (Å²) in [5, 5.41) is 7.71. The molecule has 0 atom stereocenters. The van der Waals surface area contributed by atoms with E-state index in [1.165, 1.54) is 28.1 Å². The summed E-state index contributed by atoms with van der Waals surface area (Å²) in [6.07, 6.45) is 0. The number of aryl methyl sites for hydroxylation is 1. The number of hydrogen-bond donors (Lipinski definition) is 1. The SMILES string of the molecule is CNC(=O)c1ccc(-n2nc(Sc3ccc(C)cc3)ccc2=O)cc1. The van der Waals surface area contributed by atoms with Crippen molar-refractivity contribution in [3.05, 3.63) is 82.1 Å².